The molecule has 0 aliphatic heterocycles. The van der Waals surface area contributed by atoms with Gasteiger partial charge < -0.3 is 20.8 Å². The molecule has 1 heterocycles. The molecule has 22 heavy (non-hydrogen) atoms. The van der Waals surface area contributed by atoms with Crippen molar-refractivity contribution >= 4 is 34.2 Å². The second kappa shape index (κ2) is 6.36. The van der Waals surface area contributed by atoms with Crippen LogP contribution in [0.4, 0.5) is 4.79 Å². The van der Waals surface area contributed by atoms with Gasteiger partial charge in [-0.05, 0) is 32.4 Å². The number of hydrogen-bond acceptors (Lipinski definition) is 3. The lowest BCUT2D eigenvalue weighted by molar-refractivity contribution is 0.0518. The van der Waals surface area contributed by atoms with Gasteiger partial charge in [0.15, 0.2) is 0 Å². The van der Waals surface area contributed by atoms with Crippen LogP contribution in [0, 0.1) is 0 Å². The molecule has 2 rings (SSSR count). The van der Waals surface area contributed by atoms with Gasteiger partial charge in [0.1, 0.15) is 5.60 Å². The molecule has 0 radical (unpaired) electrons. The Kier molecular flexibility index (Phi) is 4.71. The third kappa shape index (κ3) is 4.21. The molecule has 0 spiro atoms. The van der Waals surface area contributed by atoms with Crippen LogP contribution in [0.25, 0.3) is 10.9 Å². The van der Waals surface area contributed by atoms with E-state index in [-0.39, 0.29) is 4.99 Å². The molecule has 6 heteroatoms. The number of aromatic amines is 1. The van der Waals surface area contributed by atoms with Gasteiger partial charge in [-0.25, -0.2) is 4.79 Å². The summed E-state index contributed by atoms with van der Waals surface area (Å²) >= 11 is 5.07. The van der Waals surface area contributed by atoms with Crippen molar-refractivity contribution in [1.29, 1.82) is 0 Å². The molecule has 5 nitrogen and oxygen atoms in total. The van der Waals surface area contributed by atoms with Crippen LogP contribution in [0.2, 0.25) is 0 Å². The number of H-pyrrole nitrogens is 1. The zero-order valence-electron chi connectivity index (χ0n) is 13.0. The number of para-hydroxylation sites is 1. The quantitative estimate of drug-likeness (QED) is 0.757. The van der Waals surface area contributed by atoms with Crippen LogP contribution in [0.5, 0.6) is 0 Å². The van der Waals surface area contributed by atoms with Crippen LogP contribution in [-0.4, -0.2) is 27.7 Å². The van der Waals surface area contributed by atoms with Crippen LogP contribution in [0.1, 0.15) is 26.3 Å². The van der Waals surface area contributed by atoms with Crippen molar-refractivity contribution in [2.24, 2.45) is 5.73 Å². The zero-order chi connectivity index (χ0) is 16.3. The van der Waals surface area contributed by atoms with Gasteiger partial charge in [-0.15, -0.1) is 0 Å². The summed E-state index contributed by atoms with van der Waals surface area (Å²) < 4.78 is 5.25. The van der Waals surface area contributed by atoms with Crippen LogP contribution in [-0.2, 0) is 11.2 Å². The Balaban J connectivity index is 2.12. The van der Waals surface area contributed by atoms with E-state index in [4.69, 9.17) is 22.7 Å². The minimum atomic E-state index is -0.564. The third-order valence-electron chi connectivity index (χ3n) is 3.13. The molecule has 1 atom stereocenters. The maximum atomic E-state index is 11.9. The second-order valence-corrected chi connectivity index (χ2v) is 6.64. The smallest absolute Gasteiger partial charge is 0.408 e. The fraction of sp³-hybridized carbons (Fsp3) is 0.375. The lowest BCUT2D eigenvalue weighted by Crippen LogP contribution is -2.46. The summed E-state index contributed by atoms with van der Waals surface area (Å²) in [5.74, 6) is 0. The average Bonchev–Trinajstić information content (AvgIpc) is 2.79. The highest BCUT2D eigenvalue weighted by molar-refractivity contribution is 7.80. The van der Waals surface area contributed by atoms with E-state index in [1.165, 1.54) is 0 Å². The Morgan fingerprint density at radius 2 is 2.09 bits per heavy atom. The highest BCUT2D eigenvalue weighted by atomic mass is 32.1. The number of benzene rings is 1. The van der Waals surface area contributed by atoms with Crippen LogP contribution >= 0.6 is 12.2 Å². The van der Waals surface area contributed by atoms with E-state index in [2.05, 4.69) is 10.3 Å². The van der Waals surface area contributed by atoms with E-state index < -0.39 is 17.7 Å². The minimum Gasteiger partial charge on any atom is -0.444 e. The van der Waals surface area contributed by atoms with Crippen LogP contribution < -0.4 is 11.1 Å². The first kappa shape index (κ1) is 16.3. The number of nitrogens with one attached hydrogen (secondary N) is 2. The van der Waals surface area contributed by atoms with Crippen molar-refractivity contribution in [2.45, 2.75) is 38.8 Å². The molecule has 0 unspecified atom stereocenters. The fourth-order valence-electron chi connectivity index (χ4n) is 2.19. The molecule has 0 saturated heterocycles. The van der Waals surface area contributed by atoms with Gasteiger partial charge in [0.2, 0.25) is 0 Å². The van der Waals surface area contributed by atoms with Crippen molar-refractivity contribution in [1.82, 2.24) is 10.3 Å². The van der Waals surface area contributed by atoms with Crippen molar-refractivity contribution < 1.29 is 9.53 Å². The summed E-state index contributed by atoms with van der Waals surface area (Å²) in [6.07, 6.45) is 1.90. The Hall–Kier alpha value is -2.08. The number of fused-ring (bicyclic) bond motifs is 1. The number of alkyl carbamates (subject to hydrolysis) is 1. The van der Waals surface area contributed by atoms with E-state index in [1.807, 2.05) is 51.2 Å². The number of amides is 1. The Morgan fingerprint density at radius 3 is 2.73 bits per heavy atom. The van der Waals surface area contributed by atoms with Crippen LogP contribution in [0.15, 0.2) is 30.5 Å². The largest absolute Gasteiger partial charge is 0.444 e. The van der Waals surface area contributed by atoms with Gasteiger partial charge >= 0.3 is 6.09 Å². The Bertz CT molecular complexity index is 688. The number of carbonyl (C=O) groups excluding carboxylic acids is 1. The first-order chi connectivity index (χ1) is 10.3. The number of hydrogen-bond donors (Lipinski definition) is 3. The molecule has 2 aromatic rings. The van der Waals surface area contributed by atoms with Crippen molar-refractivity contribution in [2.75, 3.05) is 0 Å². The summed E-state index contributed by atoms with van der Waals surface area (Å²) in [5.41, 5.74) is 7.28. The minimum absolute atomic E-state index is 0.233. The molecule has 118 valence electrons. The summed E-state index contributed by atoms with van der Waals surface area (Å²) in [7, 11) is 0. The van der Waals surface area contributed by atoms with Crippen LogP contribution in [0.3, 0.4) is 0 Å². The number of aromatic nitrogens is 1. The SMILES string of the molecule is CC(C)(C)OC(=O)N[C@@H](Cc1c[nH]c2ccccc12)C(N)=S. The van der Waals surface area contributed by atoms with E-state index >= 15 is 0 Å². The fourth-order valence-corrected chi connectivity index (χ4v) is 2.34. The normalized spacial score (nSPS) is 12.9. The summed E-state index contributed by atoms with van der Waals surface area (Å²) in [6.45, 7) is 5.42. The van der Waals surface area contributed by atoms with Crippen molar-refractivity contribution in [3.05, 3.63) is 36.0 Å². The molecular weight excluding hydrogens is 298 g/mol. The number of carbonyl (C=O) groups is 1. The third-order valence-corrected chi connectivity index (χ3v) is 3.42. The van der Waals surface area contributed by atoms with E-state index in [9.17, 15) is 4.79 Å². The molecule has 1 amide bonds. The number of thiocarbonyl (C=S) groups is 1. The summed E-state index contributed by atoms with van der Waals surface area (Å²) in [4.78, 5) is 15.3. The molecule has 0 bridgehead atoms. The first-order valence-electron chi connectivity index (χ1n) is 7.10. The maximum absolute atomic E-state index is 11.9. The lowest BCUT2D eigenvalue weighted by atomic mass is 10.1. The zero-order valence-corrected chi connectivity index (χ0v) is 13.8. The van der Waals surface area contributed by atoms with Crippen molar-refractivity contribution in [3.63, 3.8) is 0 Å². The Morgan fingerprint density at radius 1 is 1.41 bits per heavy atom. The maximum Gasteiger partial charge on any atom is 0.408 e. The average molecular weight is 319 g/mol. The predicted molar refractivity (Wildman–Crippen MR) is 91.9 cm³/mol. The second-order valence-electron chi connectivity index (χ2n) is 6.16. The van der Waals surface area contributed by atoms with Gasteiger partial charge in [0.05, 0.1) is 11.0 Å². The molecular formula is C16H21N3O2S. The first-order valence-corrected chi connectivity index (χ1v) is 7.51. The molecule has 0 saturated carbocycles. The highest BCUT2D eigenvalue weighted by Gasteiger charge is 2.22. The lowest BCUT2D eigenvalue weighted by Gasteiger charge is -2.23. The number of rotatable bonds is 4. The molecule has 4 N–H and O–H groups in total. The highest BCUT2D eigenvalue weighted by Crippen LogP contribution is 2.19. The number of ether oxygens (including phenoxy) is 1. The van der Waals surface area contributed by atoms with Gasteiger partial charge in [-0.3, -0.25) is 0 Å². The van der Waals surface area contributed by atoms with Gasteiger partial charge in [-0.2, -0.15) is 0 Å². The predicted octanol–water partition coefficient (Wildman–Crippen LogP) is 2.89. The van der Waals surface area contributed by atoms with E-state index in [0.29, 0.717) is 6.42 Å². The van der Waals surface area contributed by atoms with Gasteiger partial charge in [0, 0.05) is 23.5 Å². The monoisotopic (exact) mass is 319 g/mol. The van der Waals surface area contributed by atoms with Crippen molar-refractivity contribution in [3.8, 4) is 0 Å². The summed E-state index contributed by atoms with van der Waals surface area (Å²) in [6, 6.07) is 7.49. The topological polar surface area (TPSA) is 80.1 Å². The number of nitrogens with two attached hydrogens (primary N) is 1. The van der Waals surface area contributed by atoms with E-state index in [1.54, 1.807) is 0 Å². The molecule has 1 aromatic carbocycles. The van der Waals surface area contributed by atoms with E-state index in [0.717, 1.165) is 16.5 Å². The molecule has 1 aromatic heterocycles. The summed E-state index contributed by atoms with van der Waals surface area (Å²) in [5, 5.41) is 3.83. The Labute approximate surface area is 135 Å². The van der Waals surface area contributed by atoms with Gasteiger partial charge in [-0.1, -0.05) is 30.4 Å². The molecule has 0 fully saturated rings. The molecule has 0 aliphatic carbocycles. The standard InChI is InChI=1S/C16H21N3O2S/c1-16(2,3)21-15(20)19-13(14(17)22)8-10-9-18-12-7-5-4-6-11(10)12/h4-7,9,13,18H,8H2,1-3H3,(H2,17,22)(H,19,20)/t13-/m0/s1. The molecule has 0 aliphatic rings. The van der Waals surface area contributed by atoms with Gasteiger partial charge in [0.25, 0.3) is 0 Å².